The Bertz CT molecular complexity index is 980. The van der Waals surface area contributed by atoms with Crippen molar-refractivity contribution in [1.82, 2.24) is 4.57 Å². The lowest BCUT2D eigenvalue weighted by Gasteiger charge is -2.12. The number of carbonyl (C=O) groups is 1. The highest BCUT2D eigenvalue weighted by Gasteiger charge is 2.21. The van der Waals surface area contributed by atoms with Gasteiger partial charge in [0.05, 0.1) is 31.9 Å². The first-order valence-electron chi connectivity index (χ1n) is 7.63. The van der Waals surface area contributed by atoms with E-state index in [1.807, 2.05) is 6.92 Å². The number of hydrogen-bond donors (Lipinski definition) is 0. The second kappa shape index (κ2) is 6.72. The Hall–Kier alpha value is -2.61. The van der Waals surface area contributed by atoms with E-state index < -0.39 is 0 Å². The first-order chi connectivity index (χ1) is 12.0. The Morgan fingerprint density at radius 2 is 1.80 bits per heavy atom. The van der Waals surface area contributed by atoms with Gasteiger partial charge in [0, 0.05) is 6.42 Å². The predicted molar refractivity (Wildman–Crippen MR) is 93.7 cm³/mol. The summed E-state index contributed by atoms with van der Waals surface area (Å²) in [4.78, 5) is 29.5. The van der Waals surface area contributed by atoms with Crippen LogP contribution in [-0.2, 0) is 0 Å². The van der Waals surface area contributed by atoms with E-state index in [9.17, 15) is 9.59 Å². The van der Waals surface area contributed by atoms with E-state index in [0.717, 1.165) is 4.57 Å². The molecule has 2 heterocycles. The summed E-state index contributed by atoms with van der Waals surface area (Å²) in [5.74, 6) is 1.24. The molecule has 0 N–H and O–H groups in total. The molecule has 7 nitrogen and oxygen atoms in total. The number of nitrogens with zero attached hydrogens (tertiary/aromatic N) is 2. The molecule has 8 heteroatoms. The van der Waals surface area contributed by atoms with Gasteiger partial charge in [-0.15, -0.1) is 0 Å². The Morgan fingerprint density at radius 3 is 2.36 bits per heavy atom. The summed E-state index contributed by atoms with van der Waals surface area (Å²) >= 11 is 1.20. The molecule has 1 aromatic heterocycles. The van der Waals surface area contributed by atoms with Crippen molar-refractivity contribution < 1.29 is 19.0 Å². The van der Waals surface area contributed by atoms with Crippen molar-refractivity contribution in [1.29, 1.82) is 0 Å². The summed E-state index contributed by atoms with van der Waals surface area (Å²) < 4.78 is 17.5. The third-order valence-electron chi connectivity index (χ3n) is 3.84. The van der Waals surface area contributed by atoms with Gasteiger partial charge in [0.2, 0.25) is 11.7 Å². The van der Waals surface area contributed by atoms with Gasteiger partial charge in [0.25, 0.3) is 5.56 Å². The third-order valence-corrected chi connectivity index (χ3v) is 4.82. The van der Waals surface area contributed by atoms with E-state index in [1.54, 1.807) is 18.2 Å². The first-order valence-corrected chi connectivity index (χ1v) is 8.44. The van der Waals surface area contributed by atoms with Crippen LogP contribution in [0.1, 0.15) is 23.7 Å². The van der Waals surface area contributed by atoms with E-state index in [4.69, 9.17) is 14.2 Å². The second-order valence-corrected chi connectivity index (χ2v) is 6.58. The number of fused-ring (bicyclic) bond motifs is 1. The average Bonchev–Trinajstić information content (AvgIpc) is 2.89. The number of aromatic nitrogens is 1. The second-order valence-electron chi connectivity index (χ2n) is 5.57. The molecule has 0 saturated carbocycles. The number of thiazole rings is 1. The van der Waals surface area contributed by atoms with Crippen molar-refractivity contribution in [2.45, 2.75) is 19.4 Å². The van der Waals surface area contributed by atoms with Gasteiger partial charge in [0.15, 0.2) is 16.3 Å². The van der Waals surface area contributed by atoms with Crippen molar-refractivity contribution >= 4 is 23.3 Å². The van der Waals surface area contributed by atoms with Gasteiger partial charge in [-0.1, -0.05) is 11.3 Å². The van der Waals surface area contributed by atoms with Gasteiger partial charge in [0.1, 0.15) is 0 Å². The fourth-order valence-electron chi connectivity index (χ4n) is 2.69. The van der Waals surface area contributed by atoms with Crippen molar-refractivity contribution in [3.8, 4) is 17.2 Å². The van der Waals surface area contributed by atoms with Crippen LogP contribution in [0.25, 0.3) is 6.08 Å². The lowest BCUT2D eigenvalue weighted by atomic mass is 10.1. The summed E-state index contributed by atoms with van der Waals surface area (Å²) in [5.41, 5.74) is 0.348. The number of methoxy groups -OCH3 is 3. The van der Waals surface area contributed by atoms with Crippen molar-refractivity contribution in [3.63, 3.8) is 0 Å². The first kappa shape index (κ1) is 17.2. The van der Waals surface area contributed by atoms with E-state index in [1.165, 1.54) is 32.7 Å². The molecule has 0 saturated heterocycles. The average molecular weight is 362 g/mol. The zero-order valence-electron chi connectivity index (χ0n) is 14.4. The fraction of sp³-hybridized carbons (Fsp3) is 0.353. The van der Waals surface area contributed by atoms with Crippen LogP contribution in [0, 0.1) is 0 Å². The van der Waals surface area contributed by atoms with Gasteiger partial charge in [-0.25, -0.2) is 4.57 Å². The molecule has 25 heavy (non-hydrogen) atoms. The number of rotatable bonds is 4. The highest BCUT2D eigenvalue weighted by atomic mass is 32.1. The van der Waals surface area contributed by atoms with Crippen LogP contribution in [0.3, 0.4) is 0 Å². The highest BCUT2D eigenvalue weighted by molar-refractivity contribution is 7.07. The molecule has 0 spiro atoms. The van der Waals surface area contributed by atoms with Crippen LogP contribution in [0.2, 0.25) is 0 Å². The Morgan fingerprint density at radius 1 is 1.16 bits per heavy atom. The van der Waals surface area contributed by atoms with E-state index in [-0.39, 0.29) is 23.9 Å². The van der Waals surface area contributed by atoms with Gasteiger partial charge >= 0.3 is 0 Å². The zero-order chi connectivity index (χ0) is 18.1. The SMILES string of the molecule is COc1cc(/C=c2/sc3n(c2=O)C(=O)C[C@@H](C)N=3)cc(OC)c1OC. The normalized spacial score (nSPS) is 17.0. The monoisotopic (exact) mass is 362 g/mol. The Balaban J connectivity index is 2.21. The molecule has 2 aromatic rings. The molecule has 1 aromatic carbocycles. The van der Waals surface area contributed by atoms with Crippen LogP contribution in [0.5, 0.6) is 17.2 Å². The van der Waals surface area contributed by atoms with Crippen molar-refractivity contribution in [2.24, 2.45) is 4.99 Å². The molecular weight excluding hydrogens is 344 g/mol. The van der Waals surface area contributed by atoms with Crippen LogP contribution in [0.4, 0.5) is 0 Å². The van der Waals surface area contributed by atoms with E-state index >= 15 is 0 Å². The smallest absolute Gasteiger partial charge is 0.277 e. The molecule has 3 rings (SSSR count). The number of carbonyl (C=O) groups excluding carboxylic acids is 1. The molecule has 132 valence electrons. The molecule has 0 amide bonds. The lowest BCUT2D eigenvalue weighted by Crippen LogP contribution is -2.40. The van der Waals surface area contributed by atoms with E-state index in [2.05, 4.69) is 4.99 Å². The van der Waals surface area contributed by atoms with Crippen LogP contribution < -0.4 is 29.1 Å². The molecular formula is C17H18N2O5S. The molecule has 0 aliphatic carbocycles. The molecule has 1 atom stereocenters. The summed E-state index contributed by atoms with van der Waals surface area (Å²) in [5, 5.41) is 0. The summed E-state index contributed by atoms with van der Waals surface area (Å²) in [7, 11) is 4.58. The minimum absolute atomic E-state index is 0.112. The maximum Gasteiger partial charge on any atom is 0.277 e. The fourth-order valence-corrected chi connectivity index (χ4v) is 3.77. The Labute approximate surface area is 147 Å². The molecule has 0 radical (unpaired) electrons. The van der Waals surface area contributed by atoms with Crippen LogP contribution >= 0.6 is 11.3 Å². The van der Waals surface area contributed by atoms with Crippen LogP contribution in [-0.4, -0.2) is 37.8 Å². The number of benzene rings is 1. The third kappa shape index (κ3) is 3.05. The van der Waals surface area contributed by atoms with Gasteiger partial charge in [-0.05, 0) is 30.7 Å². The summed E-state index contributed by atoms with van der Waals surface area (Å²) in [6, 6.07) is 3.37. The molecule has 1 aliphatic heterocycles. The van der Waals surface area contributed by atoms with Crippen molar-refractivity contribution in [3.05, 3.63) is 37.4 Å². The molecule has 0 bridgehead atoms. The zero-order valence-corrected chi connectivity index (χ0v) is 15.2. The van der Waals surface area contributed by atoms with Gasteiger partial charge in [-0.2, -0.15) is 0 Å². The van der Waals surface area contributed by atoms with Crippen molar-refractivity contribution in [2.75, 3.05) is 21.3 Å². The lowest BCUT2D eigenvalue weighted by molar-refractivity contribution is 0.0877. The predicted octanol–water partition coefficient (Wildman–Crippen LogP) is 0.816. The number of ether oxygens (including phenoxy) is 3. The number of hydrogen-bond acceptors (Lipinski definition) is 7. The molecule has 0 fully saturated rings. The minimum Gasteiger partial charge on any atom is -0.493 e. The van der Waals surface area contributed by atoms with Crippen LogP contribution in [0.15, 0.2) is 21.9 Å². The summed E-state index contributed by atoms with van der Waals surface area (Å²) in [6.45, 7) is 1.86. The van der Waals surface area contributed by atoms with Gasteiger partial charge in [-0.3, -0.25) is 14.6 Å². The maximum atomic E-state index is 12.5. The topological polar surface area (TPSA) is 79.1 Å². The van der Waals surface area contributed by atoms with Gasteiger partial charge < -0.3 is 14.2 Å². The highest BCUT2D eigenvalue weighted by Crippen LogP contribution is 2.38. The molecule has 0 unspecified atom stereocenters. The minimum atomic E-state index is -0.352. The summed E-state index contributed by atoms with van der Waals surface area (Å²) in [6.07, 6.45) is 1.93. The van der Waals surface area contributed by atoms with E-state index in [0.29, 0.717) is 32.1 Å². The Kier molecular flexibility index (Phi) is 4.63. The quantitative estimate of drug-likeness (QED) is 0.804. The molecule has 1 aliphatic rings. The largest absolute Gasteiger partial charge is 0.493 e. The maximum absolute atomic E-state index is 12.5. The standard InChI is InChI=1S/C17H18N2O5S/c1-9-5-14(20)19-16(21)13(25-17(19)18-9)8-10-6-11(22-2)15(24-4)12(7-10)23-3/h6-9H,5H2,1-4H3/b13-8+/t9-/m1/s1.